The SMILES string of the molecule is CCCCCCCCCCCCCCCCCCOC[C@@H](COP(=O)(O)C(O)(CCCN)P(=O)(O)O)OC. The van der Waals surface area contributed by atoms with Gasteiger partial charge in [-0.15, -0.1) is 0 Å². The minimum atomic E-state index is -5.37. The Morgan fingerprint density at radius 2 is 1.18 bits per heavy atom. The third-order valence-electron chi connectivity index (χ3n) is 6.85. The van der Waals surface area contributed by atoms with E-state index in [-0.39, 0.29) is 19.6 Å². The van der Waals surface area contributed by atoms with Gasteiger partial charge in [-0.25, -0.2) is 0 Å². The first-order valence-electron chi connectivity index (χ1n) is 14.6. The van der Waals surface area contributed by atoms with Gasteiger partial charge in [0.25, 0.3) is 5.08 Å². The van der Waals surface area contributed by atoms with E-state index in [4.69, 9.17) is 19.7 Å². The average molecular weight is 590 g/mol. The smallest absolute Gasteiger partial charge is 0.372 e. The van der Waals surface area contributed by atoms with Gasteiger partial charge in [-0.1, -0.05) is 103 Å². The van der Waals surface area contributed by atoms with Crippen molar-refractivity contribution < 1.29 is 42.9 Å². The summed E-state index contributed by atoms with van der Waals surface area (Å²) in [5.41, 5.74) is 5.31. The van der Waals surface area contributed by atoms with Crippen molar-refractivity contribution in [1.29, 1.82) is 0 Å². The molecule has 0 rings (SSSR count). The molecule has 38 heavy (non-hydrogen) atoms. The van der Waals surface area contributed by atoms with Crippen molar-refractivity contribution in [2.45, 2.75) is 134 Å². The van der Waals surface area contributed by atoms with Crippen molar-refractivity contribution in [3.8, 4) is 0 Å². The lowest BCUT2D eigenvalue weighted by Crippen LogP contribution is -2.32. The van der Waals surface area contributed by atoms with Crippen LogP contribution in [0, 0.1) is 0 Å². The molecular weight excluding hydrogens is 532 g/mol. The minimum Gasteiger partial charge on any atom is -0.379 e. The highest BCUT2D eigenvalue weighted by Gasteiger charge is 2.60. The quantitative estimate of drug-likeness (QED) is 0.0535. The maximum atomic E-state index is 12.5. The van der Waals surface area contributed by atoms with Gasteiger partial charge in [-0.2, -0.15) is 0 Å². The zero-order chi connectivity index (χ0) is 28.8. The second-order valence-corrected chi connectivity index (χ2v) is 14.5. The lowest BCUT2D eigenvalue weighted by Gasteiger charge is -2.32. The number of hydrogen-bond acceptors (Lipinski definition) is 7. The highest BCUT2D eigenvalue weighted by Crippen LogP contribution is 2.71. The first-order chi connectivity index (χ1) is 18.1. The van der Waals surface area contributed by atoms with Gasteiger partial charge in [-0.3, -0.25) is 9.13 Å². The van der Waals surface area contributed by atoms with Gasteiger partial charge in [0, 0.05) is 20.1 Å². The minimum absolute atomic E-state index is 0.0177. The summed E-state index contributed by atoms with van der Waals surface area (Å²) in [7, 11) is -9.11. The van der Waals surface area contributed by atoms with Crippen LogP contribution in [0.15, 0.2) is 0 Å². The summed E-state index contributed by atoms with van der Waals surface area (Å²) in [4.78, 5) is 29.0. The molecule has 0 heterocycles. The summed E-state index contributed by atoms with van der Waals surface area (Å²) in [5, 5.41) is 7.09. The predicted octanol–water partition coefficient (Wildman–Crippen LogP) is 6.04. The largest absolute Gasteiger partial charge is 0.379 e. The molecule has 0 aromatic carbocycles. The van der Waals surface area contributed by atoms with Crippen LogP contribution in [0.3, 0.4) is 0 Å². The summed E-state index contributed by atoms with van der Waals surface area (Å²) in [6.07, 6.45) is 19.2. The van der Waals surface area contributed by atoms with Crippen LogP contribution in [0.1, 0.15) is 122 Å². The molecule has 0 spiro atoms. The molecule has 10 nitrogen and oxygen atoms in total. The van der Waals surface area contributed by atoms with Crippen LogP contribution in [-0.4, -0.2) is 64.4 Å². The molecule has 0 saturated carbocycles. The van der Waals surface area contributed by atoms with E-state index >= 15 is 0 Å². The van der Waals surface area contributed by atoms with E-state index in [1.165, 1.54) is 90.6 Å². The summed E-state index contributed by atoms with van der Waals surface area (Å²) < 4.78 is 39.9. The van der Waals surface area contributed by atoms with Crippen LogP contribution in [0.25, 0.3) is 0 Å². The van der Waals surface area contributed by atoms with E-state index in [1.54, 1.807) is 0 Å². The van der Waals surface area contributed by atoms with Crippen LogP contribution >= 0.6 is 15.2 Å². The predicted molar refractivity (Wildman–Crippen MR) is 152 cm³/mol. The monoisotopic (exact) mass is 589 g/mol. The Morgan fingerprint density at radius 1 is 0.737 bits per heavy atom. The van der Waals surface area contributed by atoms with E-state index in [9.17, 15) is 28.9 Å². The van der Waals surface area contributed by atoms with E-state index < -0.39 is 39.4 Å². The Labute approximate surface area is 231 Å². The molecular formula is C26H57NO9P2. The standard InChI is InChI=1S/C26H57NO9P2/c1-3-4-5-6-7-8-9-10-11-12-13-14-15-16-17-18-22-35-23-25(34-2)24-36-38(32,33)26(28,20-19-21-27)37(29,30)31/h25,28H,3-24,27H2,1-2H3,(H,32,33)(H2,29,30,31)/t25-,26?/m0/s1. The van der Waals surface area contributed by atoms with Crippen LogP contribution in [0.2, 0.25) is 0 Å². The lowest BCUT2D eigenvalue weighted by molar-refractivity contribution is -0.0204. The average Bonchev–Trinajstić information content (AvgIpc) is 2.87. The number of aliphatic hydroxyl groups is 1. The van der Waals surface area contributed by atoms with E-state index in [0.29, 0.717) is 6.61 Å². The summed E-state index contributed by atoms with van der Waals surface area (Å²) in [6, 6.07) is 0. The fraction of sp³-hybridized carbons (Fsp3) is 1.00. The van der Waals surface area contributed by atoms with Crippen molar-refractivity contribution >= 4 is 15.2 Å². The molecule has 0 radical (unpaired) electrons. The maximum Gasteiger partial charge on any atom is 0.372 e. The number of hydrogen-bond donors (Lipinski definition) is 5. The number of methoxy groups -OCH3 is 1. The molecule has 0 fully saturated rings. The molecule has 0 amide bonds. The van der Waals surface area contributed by atoms with Crippen LogP contribution in [-0.2, 0) is 23.1 Å². The Balaban J connectivity index is 3.87. The fourth-order valence-electron chi connectivity index (χ4n) is 4.23. The lowest BCUT2D eigenvalue weighted by atomic mass is 10.0. The molecule has 0 bridgehead atoms. The Morgan fingerprint density at radius 3 is 1.58 bits per heavy atom. The number of unbranched alkanes of at least 4 members (excludes halogenated alkanes) is 15. The second-order valence-electron chi connectivity index (χ2n) is 10.3. The number of nitrogens with two attached hydrogens (primary N) is 1. The van der Waals surface area contributed by atoms with Crippen molar-refractivity contribution in [1.82, 2.24) is 0 Å². The first kappa shape index (κ1) is 38.1. The molecule has 3 atom stereocenters. The molecule has 2 unspecified atom stereocenters. The Kier molecular flexibility index (Phi) is 22.9. The molecule has 0 aliphatic rings. The zero-order valence-electron chi connectivity index (χ0n) is 23.9. The normalized spacial score (nSPS) is 16.3. The van der Waals surface area contributed by atoms with Crippen LogP contribution < -0.4 is 5.73 Å². The molecule has 6 N–H and O–H groups in total. The Bertz CT molecular complexity index is 650. The molecule has 0 aromatic rings. The second kappa shape index (κ2) is 22.8. The molecule has 230 valence electrons. The van der Waals surface area contributed by atoms with Crippen molar-refractivity contribution in [2.75, 3.05) is 33.5 Å². The highest BCUT2D eigenvalue weighted by atomic mass is 31.2. The van der Waals surface area contributed by atoms with Gasteiger partial charge in [0.2, 0.25) is 0 Å². The van der Waals surface area contributed by atoms with E-state index in [2.05, 4.69) is 6.92 Å². The number of rotatable bonds is 28. The van der Waals surface area contributed by atoms with Gasteiger partial charge >= 0.3 is 15.2 Å². The molecule has 0 saturated heterocycles. The van der Waals surface area contributed by atoms with Gasteiger partial charge in [0.1, 0.15) is 6.10 Å². The third kappa shape index (κ3) is 17.1. The van der Waals surface area contributed by atoms with Crippen molar-refractivity contribution in [3.05, 3.63) is 0 Å². The first-order valence-corrected chi connectivity index (χ1v) is 17.8. The van der Waals surface area contributed by atoms with Gasteiger partial charge in [-0.05, 0) is 19.4 Å². The summed E-state index contributed by atoms with van der Waals surface area (Å²) >= 11 is 0. The molecule has 12 heteroatoms. The topological polar surface area (TPSA) is 169 Å². The Hall–Kier alpha value is 0.140. The molecule has 0 aromatic heterocycles. The molecule has 0 aliphatic heterocycles. The zero-order valence-corrected chi connectivity index (χ0v) is 25.7. The molecule has 0 aliphatic carbocycles. The number of ether oxygens (including phenoxy) is 2. The van der Waals surface area contributed by atoms with Crippen molar-refractivity contribution in [2.24, 2.45) is 5.73 Å². The maximum absolute atomic E-state index is 12.5. The highest BCUT2D eigenvalue weighted by molar-refractivity contribution is 7.72. The van der Waals surface area contributed by atoms with E-state index in [1.807, 2.05) is 0 Å². The van der Waals surface area contributed by atoms with Gasteiger partial charge < -0.3 is 39.5 Å². The fourth-order valence-corrected chi connectivity index (χ4v) is 7.18. The summed E-state index contributed by atoms with van der Waals surface area (Å²) in [6.45, 7) is 2.38. The van der Waals surface area contributed by atoms with Crippen LogP contribution in [0.5, 0.6) is 0 Å². The van der Waals surface area contributed by atoms with Crippen molar-refractivity contribution in [3.63, 3.8) is 0 Å². The summed E-state index contributed by atoms with van der Waals surface area (Å²) in [5.74, 6) is 0. The van der Waals surface area contributed by atoms with Crippen LogP contribution in [0.4, 0.5) is 0 Å². The van der Waals surface area contributed by atoms with Gasteiger partial charge in [0.05, 0.1) is 13.2 Å². The van der Waals surface area contributed by atoms with E-state index in [0.717, 1.165) is 19.3 Å². The third-order valence-corrected chi connectivity index (χ3v) is 11.2. The van der Waals surface area contributed by atoms with Gasteiger partial charge in [0.15, 0.2) is 0 Å².